The standard InChI is InChI=1S/C10H10BrIO2/c1-6(14)10(11)8-2-7(5-13)3-9(12)4-8/h2-4,10,13H,5H2,1H3. The number of ketones is 1. The average Bonchev–Trinajstić information content (AvgIpc) is 2.15. The lowest BCUT2D eigenvalue weighted by atomic mass is 10.1. The quantitative estimate of drug-likeness (QED) is 0.658. The van der Waals surface area contributed by atoms with Gasteiger partial charge in [-0.25, -0.2) is 0 Å². The lowest BCUT2D eigenvalue weighted by Gasteiger charge is -2.08. The summed E-state index contributed by atoms with van der Waals surface area (Å²) in [5.41, 5.74) is 1.73. The first-order valence-electron chi connectivity index (χ1n) is 4.09. The van der Waals surface area contributed by atoms with Crippen LogP contribution in [0.3, 0.4) is 0 Å². The Labute approximate surface area is 105 Å². The van der Waals surface area contributed by atoms with Crippen LogP contribution in [0, 0.1) is 3.57 Å². The molecule has 0 spiro atoms. The van der Waals surface area contributed by atoms with Crippen LogP contribution in [-0.4, -0.2) is 10.9 Å². The van der Waals surface area contributed by atoms with Gasteiger partial charge in [-0.3, -0.25) is 4.79 Å². The molecule has 1 N–H and O–H groups in total. The summed E-state index contributed by atoms with van der Waals surface area (Å²) in [5.74, 6) is 0.0656. The maximum absolute atomic E-state index is 11.1. The van der Waals surface area contributed by atoms with Gasteiger partial charge in [-0.15, -0.1) is 0 Å². The van der Waals surface area contributed by atoms with Crippen molar-refractivity contribution in [2.24, 2.45) is 0 Å². The van der Waals surface area contributed by atoms with Crippen molar-refractivity contribution in [1.82, 2.24) is 0 Å². The highest BCUT2D eigenvalue weighted by Crippen LogP contribution is 2.26. The summed E-state index contributed by atoms with van der Waals surface area (Å²) in [7, 11) is 0. The zero-order valence-electron chi connectivity index (χ0n) is 7.63. The number of carbonyl (C=O) groups excluding carboxylic acids is 1. The Hall–Kier alpha value is 0.0600. The van der Waals surface area contributed by atoms with E-state index < -0.39 is 0 Å². The monoisotopic (exact) mass is 368 g/mol. The molecule has 0 aliphatic carbocycles. The maximum Gasteiger partial charge on any atom is 0.147 e. The highest BCUT2D eigenvalue weighted by atomic mass is 127. The molecule has 0 aromatic heterocycles. The number of rotatable bonds is 3. The van der Waals surface area contributed by atoms with E-state index >= 15 is 0 Å². The van der Waals surface area contributed by atoms with Gasteiger partial charge in [0.25, 0.3) is 0 Å². The number of aliphatic hydroxyl groups is 1. The third-order valence-corrected chi connectivity index (χ3v) is 3.61. The summed E-state index contributed by atoms with van der Waals surface area (Å²) < 4.78 is 1.02. The summed E-state index contributed by atoms with van der Waals surface area (Å²) in [5, 5.41) is 9.00. The van der Waals surface area contributed by atoms with Crippen molar-refractivity contribution in [3.05, 3.63) is 32.9 Å². The fourth-order valence-electron chi connectivity index (χ4n) is 1.15. The Balaban J connectivity index is 3.08. The van der Waals surface area contributed by atoms with E-state index in [0.717, 1.165) is 14.7 Å². The zero-order valence-corrected chi connectivity index (χ0v) is 11.4. The summed E-state index contributed by atoms with van der Waals surface area (Å²) in [6.45, 7) is 1.54. The molecule has 0 aliphatic rings. The molecule has 0 saturated carbocycles. The van der Waals surface area contributed by atoms with Gasteiger partial charge in [-0.1, -0.05) is 22.0 Å². The van der Waals surface area contributed by atoms with Gasteiger partial charge in [0.15, 0.2) is 0 Å². The van der Waals surface area contributed by atoms with Crippen LogP contribution in [0.5, 0.6) is 0 Å². The average molecular weight is 369 g/mol. The van der Waals surface area contributed by atoms with Crippen molar-refractivity contribution >= 4 is 44.3 Å². The number of aliphatic hydroxyl groups excluding tert-OH is 1. The molecule has 0 heterocycles. The molecular weight excluding hydrogens is 359 g/mol. The molecule has 1 aromatic carbocycles. The van der Waals surface area contributed by atoms with E-state index in [2.05, 4.69) is 38.5 Å². The molecule has 1 atom stereocenters. The molecule has 1 aromatic rings. The Morgan fingerprint density at radius 3 is 2.71 bits per heavy atom. The summed E-state index contributed by atoms with van der Waals surface area (Å²) >= 11 is 5.48. The predicted octanol–water partition coefficient (Wildman–Crippen LogP) is 2.81. The number of hydrogen-bond donors (Lipinski definition) is 1. The second kappa shape index (κ2) is 5.23. The first-order valence-corrected chi connectivity index (χ1v) is 6.08. The lowest BCUT2D eigenvalue weighted by molar-refractivity contribution is -0.116. The second-order valence-corrected chi connectivity index (χ2v) is 5.19. The van der Waals surface area contributed by atoms with Crippen LogP contribution < -0.4 is 0 Å². The number of halogens is 2. The fraction of sp³-hybridized carbons (Fsp3) is 0.300. The third-order valence-electron chi connectivity index (χ3n) is 1.81. The Bertz CT molecular complexity index is 352. The minimum atomic E-state index is -0.275. The van der Waals surface area contributed by atoms with Gasteiger partial charge in [-0.05, 0) is 52.8 Å². The molecule has 1 rings (SSSR count). The predicted molar refractivity (Wildman–Crippen MR) is 67.4 cm³/mol. The third kappa shape index (κ3) is 3.03. The largest absolute Gasteiger partial charge is 0.392 e. The highest BCUT2D eigenvalue weighted by molar-refractivity contribution is 14.1. The molecular formula is C10H10BrIO2. The molecule has 1 unspecified atom stereocenters. The van der Waals surface area contributed by atoms with Gasteiger partial charge in [0.2, 0.25) is 0 Å². The first kappa shape index (κ1) is 12.1. The summed E-state index contributed by atoms with van der Waals surface area (Å²) in [6.07, 6.45) is 0. The second-order valence-electron chi connectivity index (χ2n) is 3.02. The van der Waals surface area contributed by atoms with E-state index in [4.69, 9.17) is 5.11 Å². The molecule has 76 valence electrons. The van der Waals surface area contributed by atoms with Crippen LogP contribution in [0.2, 0.25) is 0 Å². The van der Waals surface area contributed by atoms with E-state index in [1.54, 1.807) is 0 Å². The Kier molecular flexibility index (Phi) is 4.53. The van der Waals surface area contributed by atoms with E-state index in [9.17, 15) is 4.79 Å². The molecule has 14 heavy (non-hydrogen) atoms. The minimum absolute atomic E-state index is 0.00145. The van der Waals surface area contributed by atoms with Crippen molar-refractivity contribution in [3.8, 4) is 0 Å². The highest BCUT2D eigenvalue weighted by Gasteiger charge is 2.13. The number of hydrogen-bond acceptors (Lipinski definition) is 2. The topological polar surface area (TPSA) is 37.3 Å². The number of Topliss-reactive ketones (excluding diaryl/α,β-unsaturated/α-hetero) is 1. The van der Waals surface area contributed by atoms with Gasteiger partial charge in [0, 0.05) is 3.57 Å². The van der Waals surface area contributed by atoms with Gasteiger partial charge >= 0.3 is 0 Å². The minimum Gasteiger partial charge on any atom is -0.392 e. The molecule has 0 saturated heterocycles. The number of carbonyl (C=O) groups is 1. The van der Waals surface area contributed by atoms with Crippen LogP contribution in [0.25, 0.3) is 0 Å². The van der Waals surface area contributed by atoms with Crippen molar-refractivity contribution in [1.29, 1.82) is 0 Å². The smallest absolute Gasteiger partial charge is 0.147 e. The van der Waals surface area contributed by atoms with Crippen molar-refractivity contribution in [3.63, 3.8) is 0 Å². The van der Waals surface area contributed by atoms with Crippen LogP contribution in [0.1, 0.15) is 22.9 Å². The first-order chi connectivity index (χ1) is 6.54. The summed E-state index contributed by atoms with van der Waals surface area (Å²) in [6, 6.07) is 5.66. The molecule has 4 heteroatoms. The Morgan fingerprint density at radius 1 is 1.57 bits per heavy atom. The van der Waals surface area contributed by atoms with Crippen molar-refractivity contribution in [2.45, 2.75) is 18.4 Å². The van der Waals surface area contributed by atoms with Crippen LogP contribution in [-0.2, 0) is 11.4 Å². The SMILES string of the molecule is CC(=O)C(Br)c1cc(I)cc(CO)c1. The lowest BCUT2D eigenvalue weighted by Crippen LogP contribution is -2.02. The fourth-order valence-corrected chi connectivity index (χ4v) is 2.17. The van der Waals surface area contributed by atoms with Gasteiger partial charge < -0.3 is 5.11 Å². The molecule has 0 radical (unpaired) electrons. The van der Waals surface area contributed by atoms with Crippen LogP contribution >= 0.6 is 38.5 Å². The van der Waals surface area contributed by atoms with E-state index in [0.29, 0.717) is 0 Å². The molecule has 0 bridgehead atoms. The van der Waals surface area contributed by atoms with E-state index in [-0.39, 0.29) is 17.2 Å². The van der Waals surface area contributed by atoms with E-state index in [1.807, 2.05) is 18.2 Å². The van der Waals surface area contributed by atoms with Gasteiger partial charge in [-0.2, -0.15) is 0 Å². The zero-order chi connectivity index (χ0) is 10.7. The molecule has 0 fully saturated rings. The Morgan fingerprint density at radius 2 is 2.21 bits per heavy atom. The summed E-state index contributed by atoms with van der Waals surface area (Å²) in [4.78, 5) is 10.9. The van der Waals surface area contributed by atoms with Gasteiger partial charge in [0.1, 0.15) is 5.78 Å². The maximum atomic E-state index is 11.1. The molecule has 0 aliphatic heterocycles. The van der Waals surface area contributed by atoms with E-state index in [1.165, 1.54) is 6.92 Å². The molecule has 2 nitrogen and oxygen atoms in total. The number of benzene rings is 1. The normalized spacial score (nSPS) is 12.6. The van der Waals surface area contributed by atoms with Crippen LogP contribution in [0.15, 0.2) is 18.2 Å². The van der Waals surface area contributed by atoms with Crippen molar-refractivity contribution in [2.75, 3.05) is 0 Å². The molecule has 0 amide bonds. The van der Waals surface area contributed by atoms with Crippen LogP contribution in [0.4, 0.5) is 0 Å². The van der Waals surface area contributed by atoms with Gasteiger partial charge in [0.05, 0.1) is 11.4 Å². The van der Waals surface area contributed by atoms with Crippen molar-refractivity contribution < 1.29 is 9.90 Å². The number of alkyl halides is 1.